The monoisotopic (exact) mass is 204 g/mol. The maximum absolute atomic E-state index is 3.52. The smallest absolute Gasteiger partial charge is 0.0373 e. The molecule has 0 radical (unpaired) electrons. The molecule has 0 fully saturated rings. The minimum Gasteiger partial charge on any atom is -0.384 e. The highest BCUT2D eigenvalue weighted by atomic mass is 14.9. The lowest BCUT2D eigenvalue weighted by Gasteiger charge is -2.11. The molecule has 0 aliphatic carbocycles. The lowest BCUT2D eigenvalue weighted by atomic mass is 10.1. The van der Waals surface area contributed by atoms with Gasteiger partial charge in [-0.1, -0.05) is 19.1 Å². The Morgan fingerprint density at radius 2 is 2.33 bits per heavy atom. The fourth-order valence-electron chi connectivity index (χ4n) is 1.90. The van der Waals surface area contributed by atoms with E-state index in [9.17, 15) is 0 Å². The summed E-state index contributed by atoms with van der Waals surface area (Å²) < 4.78 is 0. The van der Waals surface area contributed by atoms with Crippen LogP contribution in [0.3, 0.4) is 0 Å². The van der Waals surface area contributed by atoms with E-state index in [1.807, 2.05) is 0 Å². The molecule has 2 rings (SSSR count). The van der Waals surface area contributed by atoms with E-state index < -0.39 is 0 Å². The van der Waals surface area contributed by atoms with Gasteiger partial charge in [0.25, 0.3) is 0 Å². The van der Waals surface area contributed by atoms with Crippen molar-refractivity contribution < 1.29 is 0 Å². The molecule has 2 nitrogen and oxygen atoms in total. The Kier molecular flexibility index (Phi) is 3.27. The Morgan fingerprint density at radius 1 is 1.47 bits per heavy atom. The fourth-order valence-corrected chi connectivity index (χ4v) is 1.90. The van der Waals surface area contributed by atoms with Crippen molar-refractivity contribution in [2.75, 3.05) is 11.9 Å². The van der Waals surface area contributed by atoms with Crippen molar-refractivity contribution in [2.45, 2.75) is 39.3 Å². The first-order chi connectivity index (χ1) is 7.29. The normalized spacial score (nSPS) is 15.9. The summed E-state index contributed by atoms with van der Waals surface area (Å²) in [6.07, 6.45) is 2.36. The van der Waals surface area contributed by atoms with Gasteiger partial charge in [-0.2, -0.15) is 0 Å². The lowest BCUT2D eigenvalue weighted by molar-refractivity contribution is 0.534. The molecule has 0 spiro atoms. The Hall–Kier alpha value is -1.02. The van der Waals surface area contributed by atoms with E-state index in [4.69, 9.17) is 0 Å². The quantitative estimate of drug-likeness (QED) is 0.787. The highest BCUT2D eigenvalue weighted by molar-refractivity contribution is 5.56. The van der Waals surface area contributed by atoms with Crippen LogP contribution >= 0.6 is 0 Å². The van der Waals surface area contributed by atoms with Gasteiger partial charge in [0.2, 0.25) is 0 Å². The number of hydrogen-bond donors (Lipinski definition) is 2. The van der Waals surface area contributed by atoms with Gasteiger partial charge in [-0.05, 0) is 37.0 Å². The van der Waals surface area contributed by atoms with Crippen LogP contribution in [0, 0.1) is 0 Å². The molecular weight excluding hydrogens is 184 g/mol. The summed E-state index contributed by atoms with van der Waals surface area (Å²) in [5.74, 6) is 0. The number of benzene rings is 1. The van der Waals surface area contributed by atoms with Gasteiger partial charge < -0.3 is 10.6 Å². The minimum atomic E-state index is 0.608. The number of rotatable bonds is 4. The molecule has 1 aliphatic heterocycles. The van der Waals surface area contributed by atoms with Crippen LogP contribution in [0.1, 0.15) is 31.4 Å². The largest absolute Gasteiger partial charge is 0.384 e. The molecule has 1 heterocycles. The van der Waals surface area contributed by atoms with E-state index in [2.05, 4.69) is 42.7 Å². The van der Waals surface area contributed by atoms with Crippen LogP contribution in [-0.4, -0.2) is 12.6 Å². The molecule has 15 heavy (non-hydrogen) atoms. The lowest BCUT2D eigenvalue weighted by Crippen LogP contribution is -2.24. The van der Waals surface area contributed by atoms with Crippen LogP contribution < -0.4 is 10.6 Å². The molecule has 1 unspecified atom stereocenters. The van der Waals surface area contributed by atoms with E-state index in [1.54, 1.807) is 0 Å². The van der Waals surface area contributed by atoms with Crippen molar-refractivity contribution in [3.63, 3.8) is 0 Å². The number of nitrogens with one attached hydrogen (secondary N) is 2. The maximum atomic E-state index is 3.52. The highest BCUT2D eigenvalue weighted by Crippen LogP contribution is 2.22. The van der Waals surface area contributed by atoms with Crippen molar-refractivity contribution in [2.24, 2.45) is 0 Å². The van der Waals surface area contributed by atoms with Crippen LogP contribution in [-0.2, 0) is 13.0 Å². The van der Waals surface area contributed by atoms with E-state index >= 15 is 0 Å². The summed E-state index contributed by atoms with van der Waals surface area (Å²) in [6.45, 7) is 6.53. The second-order valence-electron chi connectivity index (χ2n) is 4.36. The first-order valence-corrected chi connectivity index (χ1v) is 5.88. The van der Waals surface area contributed by atoms with Crippen molar-refractivity contribution >= 4 is 5.69 Å². The molecular formula is C13H20N2. The molecule has 2 heteroatoms. The second kappa shape index (κ2) is 4.67. The zero-order valence-corrected chi connectivity index (χ0v) is 9.64. The van der Waals surface area contributed by atoms with Gasteiger partial charge in [-0.3, -0.25) is 0 Å². The molecule has 0 bridgehead atoms. The molecule has 1 aromatic carbocycles. The Labute approximate surface area is 92.1 Å². The van der Waals surface area contributed by atoms with Gasteiger partial charge >= 0.3 is 0 Å². The van der Waals surface area contributed by atoms with Crippen LogP contribution in [0.25, 0.3) is 0 Å². The van der Waals surface area contributed by atoms with Crippen LogP contribution in [0.15, 0.2) is 18.2 Å². The number of fused-ring (bicyclic) bond motifs is 1. The summed E-state index contributed by atoms with van der Waals surface area (Å²) in [7, 11) is 0. The fraction of sp³-hybridized carbons (Fsp3) is 0.538. The van der Waals surface area contributed by atoms with Crippen molar-refractivity contribution in [3.8, 4) is 0 Å². The summed E-state index contributed by atoms with van der Waals surface area (Å²) in [4.78, 5) is 0. The van der Waals surface area contributed by atoms with Crippen LogP contribution in [0.4, 0.5) is 5.69 Å². The first-order valence-electron chi connectivity index (χ1n) is 5.88. The summed E-state index contributed by atoms with van der Waals surface area (Å²) >= 11 is 0. The topological polar surface area (TPSA) is 24.1 Å². The summed E-state index contributed by atoms with van der Waals surface area (Å²) in [5.41, 5.74) is 4.19. The average molecular weight is 204 g/mol. The third-order valence-electron chi connectivity index (χ3n) is 3.15. The van der Waals surface area contributed by atoms with Gasteiger partial charge in [0.1, 0.15) is 0 Å². The third-order valence-corrected chi connectivity index (χ3v) is 3.15. The zero-order valence-electron chi connectivity index (χ0n) is 9.64. The summed E-state index contributed by atoms with van der Waals surface area (Å²) in [6, 6.07) is 7.35. The second-order valence-corrected chi connectivity index (χ2v) is 4.36. The van der Waals surface area contributed by atoms with E-state index in [0.717, 1.165) is 13.1 Å². The first kappa shape index (κ1) is 10.5. The molecule has 0 amide bonds. The SMILES string of the molecule is CCC(C)NCc1ccc2c(c1)CCN2. The van der Waals surface area contributed by atoms with E-state index in [1.165, 1.54) is 29.7 Å². The Bertz CT molecular complexity index is 333. The van der Waals surface area contributed by atoms with Crippen molar-refractivity contribution in [3.05, 3.63) is 29.3 Å². The van der Waals surface area contributed by atoms with Gasteiger partial charge in [0.05, 0.1) is 0 Å². The predicted octanol–water partition coefficient (Wildman–Crippen LogP) is 2.54. The minimum absolute atomic E-state index is 0.608. The molecule has 82 valence electrons. The predicted molar refractivity (Wildman–Crippen MR) is 65.2 cm³/mol. The molecule has 0 saturated carbocycles. The molecule has 0 aromatic heterocycles. The van der Waals surface area contributed by atoms with Crippen LogP contribution in [0.2, 0.25) is 0 Å². The van der Waals surface area contributed by atoms with Crippen LogP contribution in [0.5, 0.6) is 0 Å². The van der Waals surface area contributed by atoms with E-state index in [0.29, 0.717) is 6.04 Å². The summed E-state index contributed by atoms with van der Waals surface area (Å²) in [5, 5.41) is 6.90. The van der Waals surface area contributed by atoms with Crippen molar-refractivity contribution in [1.82, 2.24) is 5.32 Å². The highest BCUT2D eigenvalue weighted by Gasteiger charge is 2.09. The van der Waals surface area contributed by atoms with E-state index in [-0.39, 0.29) is 0 Å². The maximum Gasteiger partial charge on any atom is 0.0373 e. The number of hydrogen-bond acceptors (Lipinski definition) is 2. The molecule has 0 saturated heterocycles. The van der Waals surface area contributed by atoms with Crippen molar-refractivity contribution in [1.29, 1.82) is 0 Å². The zero-order chi connectivity index (χ0) is 10.7. The molecule has 1 atom stereocenters. The Morgan fingerprint density at radius 3 is 3.13 bits per heavy atom. The number of anilines is 1. The standard InChI is InChI=1S/C13H20N2/c1-3-10(2)15-9-11-4-5-13-12(8-11)6-7-14-13/h4-5,8,10,14-15H,3,6-7,9H2,1-2H3. The van der Waals surface area contributed by atoms with Gasteiger partial charge in [0, 0.05) is 24.8 Å². The average Bonchev–Trinajstić information content (AvgIpc) is 2.72. The van der Waals surface area contributed by atoms with Gasteiger partial charge in [-0.25, -0.2) is 0 Å². The Balaban J connectivity index is 1.98. The van der Waals surface area contributed by atoms with Gasteiger partial charge in [-0.15, -0.1) is 0 Å². The molecule has 1 aliphatic rings. The van der Waals surface area contributed by atoms with Gasteiger partial charge in [0.15, 0.2) is 0 Å². The third kappa shape index (κ3) is 2.51. The molecule has 2 N–H and O–H groups in total. The molecule has 1 aromatic rings.